The fourth-order valence-electron chi connectivity index (χ4n) is 5.28. The number of nitrogens with zero attached hydrogens (tertiary/aromatic N) is 2. The number of methoxy groups -OCH3 is 1. The number of ether oxygens (including phenoxy) is 3. The van der Waals surface area contributed by atoms with Gasteiger partial charge in [0.05, 0.1) is 39.0 Å². The Hall–Kier alpha value is -3.98. The number of amides is 3. The van der Waals surface area contributed by atoms with Gasteiger partial charge in [-0.25, -0.2) is 13.1 Å². The average Bonchev–Trinajstić information content (AvgIpc) is 3.59. The molecule has 4 bridgehead atoms. The maximum Gasteiger partial charge on any atom is 0.254 e. The third-order valence-corrected chi connectivity index (χ3v) is 10.3. The molecule has 45 heavy (non-hydrogen) atoms. The average molecular weight is 657 g/mol. The van der Waals surface area contributed by atoms with Crippen molar-refractivity contribution < 1.29 is 37.0 Å². The number of sulfonamides is 1. The Bertz CT molecular complexity index is 1630. The number of carbonyl (C=O) groups excluding carboxylic acids is 3. The van der Waals surface area contributed by atoms with E-state index in [4.69, 9.17) is 14.2 Å². The number of hydrogen-bond acceptors (Lipinski definition) is 9. The van der Waals surface area contributed by atoms with Crippen LogP contribution in [0.25, 0.3) is 0 Å². The van der Waals surface area contributed by atoms with E-state index in [0.29, 0.717) is 48.7 Å². The number of carbonyl (C=O) groups is 3. The first-order valence-corrected chi connectivity index (χ1v) is 17.0. The highest BCUT2D eigenvalue weighted by atomic mass is 32.2. The van der Waals surface area contributed by atoms with E-state index >= 15 is 0 Å². The first-order chi connectivity index (χ1) is 21.7. The third-order valence-electron chi connectivity index (χ3n) is 7.55. The summed E-state index contributed by atoms with van der Waals surface area (Å²) in [5, 5.41) is 4.67. The molecule has 2 aliphatic rings. The number of thiophene rings is 1. The molecule has 0 radical (unpaired) electrons. The van der Waals surface area contributed by atoms with Crippen LogP contribution in [0.3, 0.4) is 0 Å². The van der Waals surface area contributed by atoms with Crippen molar-refractivity contribution in [3.63, 3.8) is 0 Å². The molecule has 3 aromatic rings. The van der Waals surface area contributed by atoms with Crippen LogP contribution in [0, 0.1) is 0 Å². The maximum atomic E-state index is 13.6. The van der Waals surface area contributed by atoms with E-state index in [1.54, 1.807) is 35.7 Å². The summed E-state index contributed by atoms with van der Waals surface area (Å²) in [4.78, 5) is 43.0. The van der Waals surface area contributed by atoms with Crippen molar-refractivity contribution in [1.29, 1.82) is 0 Å². The predicted octanol–water partition coefficient (Wildman–Crippen LogP) is 3.00. The first-order valence-electron chi connectivity index (χ1n) is 14.6. The zero-order valence-corrected chi connectivity index (χ0v) is 26.7. The summed E-state index contributed by atoms with van der Waals surface area (Å²) in [5.41, 5.74) is 1.15. The minimum Gasteiger partial charge on any atom is -0.493 e. The van der Waals surface area contributed by atoms with Gasteiger partial charge in [-0.3, -0.25) is 14.4 Å². The van der Waals surface area contributed by atoms with Crippen LogP contribution in [-0.4, -0.2) is 87.9 Å². The zero-order valence-electron chi connectivity index (χ0n) is 25.1. The zero-order chi connectivity index (χ0) is 32.0. The minimum atomic E-state index is -3.81. The molecule has 0 saturated carbocycles. The van der Waals surface area contributed by atoms with E-state index < -0.39 is 34.6 Å². The van der Waals surface area contributed by atoms with Crippen LogP contribution in [0.2, 0.25) is 0 Å². The Balaban J connectivity index is 1.37. The Morgan fingerprint density at radius 2 is 2.00 bits per heavy atom. The van der Waals surface area contributed by atoms with Crippen LogP contribution in [0.15, 0.2) is 64.2 Å². The highest BCUT2D eigenvalue weighted by Gasteiger charge is 2.34. The van der Waals surface area contributed by atoms with Crippen molar-refractivity contribution in [2.24, 2.45) is 0 Å². The summed E-state index contributed by atoms with van der Waals surface area (Å²) in [6.45, 7) is 2.33. The van der Waals surface area contributed by atoms with Crippen LogP contribution in [-0.2, 0) is 31.0 Å². The summed E-state index contributed by atoms with van der Waals surface area (Å²) in [6.07, 6.45) is 0.432. The summed E-state index contributed by atoms with van der Waals surface area (Å²) in [6, 6.07) is 14.9. The molecular weight excluding hydrogens is 620 g/mol. The van der Waals surface area contributed by atoms with Crippen molar-refractivity contribution in [3.8, 4) is 17.2 Å². The number of piperidine rings is 1. The normalized spacial score (nSPS) is 19.3. The second-order valence-corrected chi connectivity index (χ2v) is 13.7. The van der Waals surface area contributed by atoms with Crippen molar-refractivity contribution in [2.75, 3.05) is 39.8 Å². The Morgan fingerprint density at radius 1 is 1.16 bits per heavy atom. The highest BCUT2D eigenvalue weighted by Crippen LogP contribution is 2.33. The van der Waals surface area contributed by atoms with Crippen LogP contribution in [0.1, 0.15) is 35.7 Å². The molecule has 2 atom stereocenters. The highest BCUT2D eigenvalue weighted by molar-refractivity contribution is 7.91. The predicted molar refractivity (Wildman–Crippen MR) is 167 cm³/mol. The van der Waals surface area contributed by atoms with Crippen molar-refractivity contribution >= 4 is 39.1 Å². The molecule has 2 aromatic carbocycles. The van der Waals surface area contributed by atoms with Crippen LogP contribution >= 0.6 is 11.3 Å². The maximum absolute atomic E-state index is 13.6. The lowest BCUT2D eigenvalue weighted by Crippen LogP contribution is -2.58. The van der Waals surface area contributed by atoms with Crippen LogP contribution in [0.5, 0.6) is 17.2 Å². The Morgan fingerprint density at radius 3 is 2.76 bits per heavy atom. The summed E-state index contributed by atoms with van der Waals surface area (Å²) >= 11 is 1.07. The summed E-state index contributed by atoms with van der Waals surface area (Å²) < 4.78 is 45.5. The summed E-state index contributed by atoms with van der Waals surface area (Å²) in [5.74, 6) is 0.240. The van der Waals surface area contributed by atoms with Crippen LogP contribution in [0.4, 0.5) is 0 Å². The molecule has 2 N–H and O–H groups in total. The van der Waals surface area contributed by atoms with Gasteiger partial charge >= 0.3 is 0 Å². The van der Waals surface area contributed by atoms with Crippen LogP contribution < -0.4 is 19.5 Å². The molecule has 1 saturated heterocycles. The standard InChI is InChI=1S/C31H36N4O8S2/c1-3-12-35-19-28(36)33-24-11-13-34(29(37)17-32-45(39,40)30-8-5-14-44-30)18-27(24)42-20-21-6-4-7-23(15-21)43-26-16-22(31(35)38)9-10-25(26)41-2/h4-10,14-16,24,27,32H,3,11-13,17-20H2,1-2H3,(H,33,36)/t24-,27-/m0/s1. The van der Waals surface area contributed by atoms with Gasteiger partial charge in [-0.2, -0.15) is 0 Å². The lowest BCUT2D eigenvalue weighted by atomic mass is 10.0. The molecule has 0 unspecified atom stereocenters. The fourth-order valence-corrected chi connectivity index (χ4v) is 7.29. The van der Waals surface area contributed by atoms with Crippen molar-refractivity contribution in [2.45, 2.75) is 42.7 Å². The van der Waals surface area contributed by atoms with E-state index in [9.17, 15) is 22.8 Å². The lowest BCUT2D eigenvalue weighted by Gasteiger charge is -2.39. The Labute approximate surface area is 266 Å². The van der Waals surface area contributed by atoms with E-state index in [2.05, 4.69) is 10.0 Å². The largest absolute Gasteiger partial charge is 0.493 e. The van der Waals surface area contributed by atoms with Gasteiger partial charge < -0.3 is 29.3 Å². The molecule has 1 fully saturated rings. The molecule has 2 aliphatic heterocycles. The molecule has 14 heteroatoms. The van der Waals surface area contributed by atoms with Gasteiger partial charge in [-0.1, -0.05) is 25.1 Å². The molecular formula is C31H36N4O8S2. The Kier molecular flexibility index (Phi) is 10.4. The topological polar surface area (TPSA) is 144 Å². The smallest absolute Gasteiger partial charge is 0.254 e. The number of rotatable bonds is 7. The van der Waals surface area contributed by atoms with Gasteiger partial charge in [0.1, 0.15) is 9.96 Å². The van der Waals surface area contributed by atoms with Gasteiger partial charge in [0.15, 0.2) is 11.5 Å². The number of fused-ring (bicyclic) bond motifs is 5. The molecule has 3 amide bonds. The van der Waals surface area contributed by atoms with E-state index in [1.807, 2.05) is 25.1 Å². The monoisotopic (exact) mass is 656 g/mol. The van der Waals surface area contributed by atoms with Gasteiger partial charge in [-0.15, -0.1) is 11.3 Å². The first kappa shape index (κ1) is 32.4. The number of likely N-dealkylation sites (tertiary alicyclic amines) is 1. The van der Waals surface area contributed by atoms with Gasteiger partial charge in [-0.05, 0) is 60.2 Å². The van der Waals surface area contributed by atoms with E-state index in [0.717, 1.165) is 16.9 Å². The molecule has 3 heterocycles. The van der Waals surface area contributed by atoms with Crippen molar-refractivity contribution in [1.82, 2.24) is 19.8 Å². The second-order valence-electron chi connectivity index (χ2n) is 10.8. The van der Waals surface area contributed by atoms with Gasteiger partial charge in [0.25, 0.3) is 15.9 Å². The molecule has 0 aliphatic carbocycles. The number of hydrogen-bond donors (Lipinski definition) is 2. The van der Waals surface area contributed by atoms with E-state index in [-0.39, 0.29) is 35.7 Å². The van der Waals surface area contributed by atoms with E-state index in [1.165, 1.54) is 23.0 Å². The van der Waals surface area contributed by atoms with Gasteiger partial charge in [0.2, 0.25) is 11.8 Å². The lowest BCUT2D eigenvalue weighted by molar-refractivity contribution is -0.136. The molecule has 1 aromatic heterocycles. The second kappa shape index (κ2) is 14.4. The fraction of sp³-hybridized carbons (Fsp3) is 0.387. The quantitative estimate of drug-likeness (QED) is 0.395. The number of nitrogens with one attached hydrogen (secondary N) is 2. The van der Waals surface area contributed by atoms with Gasteiger partial charge in [0, 0.05) is 25.2 Å². The minimum absolute atomic E-state index is 0.130. The van der Waals surface area contributed by atoms with Crippen molar-refractivity contribution in [3.05, 3.63) is 71.1 Å². The summed E-state index contributed by atoms with van der Waals surface area (Å²) in [7, 11) is -2.29. The molecule has 5 rings (SSSR count). The third kappa shape index (κ3) is 8.00. The molecule has 240 valence electrons. The SMILES string of the molecule is CCCN1CC(=O)N[C@H]2CCN(C(=O)CNS(=O)(=O)c3cccs3)C[C@@H]2OCc2cccc(c2)Oc2cc(ccc2OC)C1=O. The molecule has 12 nitrogen and oxygen atoms in total. The molecule has 0 spiro atoms. The number of benzene rings is 2.